The maximum Gasteiger partial charge on any atom is 0.219 e. The number of azide groups is 1. The maximum atomic E-state index is 8.13. The van der Waals surface area contributed by atoms with E-state index in [0.29, 0.717) is 18.1 Å². The fourth-order valence-corrected chi connectivity index (χ4v) is 0.765. The maximum absolute atomic E-state index is 8.13. The number of nitrogens with zero attached hydrogens (tertiary/aromatic N) is 6. The van der Waals surface area contributed by atoms with Gasteiger partial charge in [0.05, 0.1) is 0 Å². The van der Waals surface area contributed by atoms with Crippen molar-refractivity contribution in [2.24, 2.45) is 5.11 Å². The topological polar surface area (TPSA) is 87.4 Å². The summed E-state index contributed by atoms with van der Waals surface area (Å²) in [5.41, 5.74) is 8.13. The highest BCUT2D eigenvalue weighted by atomic mass is 15.2. The summed E-state index contributed by atoms with van der Waals surface area (Å²) in [6.45, 7) is 3.66. The molecule has 0 atom stereocenters. The molecule has 1 aromatic heterocycles. The largest absolute Gasteiger partial charge is 0.219 e. The molecular formula is C6H8N6. The molecule has 62 valence electrons. The minimum atomic E-state index is 0.141. The molecule has 0 fully saturated rings. The Morgan fingerprint density at radius 1 is 1.42 bits per heavy atom. The van der Waals surface area contributed by atoms with Crippen LogP contribution in [0.4, 0.5) is 5.95 Å². The van der Waals surface area contributed by atoms with E-state index in [9.17, 15) is 0 Å². The van der Waals surface area contributed by atoms with Crippen LogP contribution in [-0.4, -0.2) is 15.0 Å². The first-order valence-electron chi connectivity index (χ1n) is 3.53. The lowest BCUT2D eigenvalue weighted by molar-refractivity contribution is 0.861. The lowest BCUT2D eigenvalue weighted by Crippen LogP contribution is -1.97. The molecule has 0 unspecified atom stereocenters. The van der Waals surface area contributed by atoms with Crippen LogP contribution in [0.3, 0.4) is 0 Å². The average molecular weight is 164 g/mol. The van der Waals surface area contributed by atoms with Crippen molar-refractivity contribution in [2.45, 2.75) is 20.3 Å². The minimum Gasteiger partial charge on any atom is -0.218 e. The van der Waals surface area contributed by atoms with Gasteiger partial charge in [-0.2, -0.15) is 0 Å². The van der Waals surface area contributed by atoms with Gasteiger partial charge in [0, 0.05) is 11.3 Å². The van der Waals surface area contributed by atoms with Crippen LogP contribution in [-0.2, 0) is 6.42 Å². The fourth-order valence-electron chi connectivity index (χ4n) is 0.765. The second kappa shape index (κ2) is 3.64. The Morgan fingerprint density at radius 3 is 2.75 bits per heavy atom. The predicted molar refractivity (Wildman–Crippen MR) is 42.7 cm³/mol. The Kier molecular flexibility index (Phi) is 2.55. The highest BCUT2D eigenvalue weighted by Crippen LogP contribution is 2.04. The first kappa shape index (κ1) is 8.42. The second-order valence-corrected chi connectivity index (χ2v) is 2.14. The Hall–Kier alpha value is -1.68. The molecule has 0 spiro atoms. The van der Waals surface area contributed by atoms with Gasteiger partial charge in [-0.1, -0.05) is 6.92 Å². The van der Waals surface area contributed by atoms with E-state index in [1.165, 1.54) is 0 Å². The Bertz CT molecular complexity index is 327. The Morgan fingerprint density at radius 2 is 2.17 bits per heavy atom. The normalized spacial score (nSPS) is 9.17. The van der Waals surface area contributed by atoms with Gasteiger partial charge in [0.25, 0.3) is 0 Å². The highest BCUT2D eigenvalue weighted by molar-refractivity contribution is 5.14. The Balaban J connectivity index is 3.14. The van der Waals surface area contributed by atoms with Gasteiger partial charge in [-0.25, -0.2) is 15.0 Å². The minimum absolute atomic E-state index is 0.141. The summed E-state index contributed by atoms with van der Waals surface area (Å²) in [4.78, 5) is 14.4. The molecule has 12 heavy (non-hydrogen) atoms. The molecule has 0 N–H and O–H groups in total. The van der Waals surface area contributed by atoms with Gasteiger partial charge in [-0.05, 0) is 17.6 Å². The van der Waals surface area contributed by atoms with E-state index in [1.54, 1.807) is 6.92 Å². The Labute approximate surface area is 69.3 Å². The van der Waals surface area contributed by atoms with Crippen molar-refractivity contribution in [3.8, 4) is 0 Å². The van der Waals surface area contributed by atoms with E-state index in [2.05, 4.69) is 25.0 Å². The first-order chi connectivity index (χ1) is 5.76. The monoisotopic (exact) mass is 164 g/mol. The van der Waals surface area contributed by atoms with Crippen LogP contribution >= 0.6 is 0 Å². The molecule has 0 saturated heterocycles. The lowest BCUT2D eigenvalue weighted by Gasteiger charge is -1.97. The second-order valence-electron chi connectivity index (χ2n) is 2.14. The van der Waals surface area contributed by atoms with E-state index in [-0.39, 0.29) is 5.95 Å². The first-order valence-corrected chi connectivity index (χ1v) is 3.53. The van der Waals surface area contributed by atoms with Gasteiger partial charge >= 0.3 is 0 Å². The molecule has 1 heterocycles. The van der Waals surface area contributed by atoms with E-state index in [0.717, 1.165) is 0 Å². The molecular weight excluding hydrogens is 156 g/mol. The summed E-state index contributed by atoms with van der Waals surface area (Å²) >= 11 is 0. The third-order valence-corrected chi connectivity index (χ3v) is 1.23. The summed E-state index contributed by atoms with van der Waals surface area (Å²) < 4.78 is 0. The van der Waals surface area contributed by atoms with Crippen molar-refractivity contribution in [2.75, 3.05) is 0 Å². The van der Waals surface area contributed by atoms with Crippen molar-refractivity contribution in [3.63, 3.8) is 0 Å². The summed E-state index contributed by atoms with van der Waals surface area (Å²) in [6, 6.07) is 0. The van der Waals surface area contributed by atoms with Crippen LogP contribution in [0.15, 0.2) is 5.11 Å². The highest BCUT2D eigenvalue weighted by Gasteiger charge is 1.98. The molecule has 1 aromatic rings. The average Bonchev–Trinajstić information content (AvgIpc) is 2.04. The molecule has 0 amide bonds. The van der Waals surface area contributed by atoms with Gasteiger partial charge in [0.1, 0.15) is 11.6 Å². The van der Waals surface area contributed by atoms with Gasteiger partial charge in [-0.3, -0.25) is 0 Å². The molecule has 0 aliphatic heterocycles. The molecule has 0 aliphatic rings. The number of rotatable bonds is 2. The third kappa shape index (κ3) is 1.90. The van der Waals surface area contributed by atoms with Gasteiger partial charge in [0.15, 0.2) is 0 Å². The van der Waals surface area contributed by atoms with Crippen molar-refractivity contribution < 1.29 is 0 Å². The summed E-state index contributed by atoms with van der Waals surface area (Å²) in [5, 5.41) is 3.29. The standard InChI is InChI=1S/C6H8N6/c1-3-5-8-4(2)9-6(10-5)11-12-7/h3H2,1-2H3. The van der Waals surface area contributed by atoms with E-state index < -0.39 is 0 Å². The van der Waals surface area contributed by atoms with Gasteiger partial charge < -0.3 is 0 Å². The molecule has 0 aromatic carbocycles. The van der Waals surface area contributed by atoms with Crippen LogP contribution in [0.1, 0.15) is 18.6 Å². The smallest absolute Gasteiger partial charge is 0.218 e. The van der Waals surface area contributed by atoms with Crippen molar-refractivity contribution in [3.05, 3.63) is 22.1 Å². The summed E-state index contributed by atoms with van der Waals surface area (Å²) in [5.74, 6) is 1.36. The lowest BCUT2D eigenvalue weighted by atomic mass is 10.4. The van der Waals surface area contributed by atoms with Crippen LogP contribution in [0.5, 0.6) is 0 Å². The van der Waals surface area contributed by atoms with Crippen molar-refractivity contribution in [1.29, 1.82) is 0 Å². The van der Waals surface area contributed by atoms with E-state index in [4.69, 9.17) is 5.53 Å². The number of aryl methyl sites for hydroxylation is 2. The zero-order valence-corrected chi connectivity index (χ0v) is 6.89. The van der Waals surface area contributed by atoms with Gasteiger partial charge in [0.2, 0.25) is 5.95 Å². The predicted octanol–water partition coefficient (Wildman–Crippen LogP) is 1.68. The summed E-state index contributed by atoms with van der Waals surface area (Å²) in [6.07, 6.45) is 0.706. The van der Waals surface area contributed by atoms with Crippen molar-refractivity contribution in [1.82, 2.24) is 15.0 Å². The summed E-state index contributed by atoms with van der Waals surface area (Å²) in [7, 11) is 0. The molecule has 0 saturated carbocycles. The SMILES string of the molecule is CCc1nc(C)nc(N=[N+]=[N-])n1. The number of aromatic nitrogens is 3. The van der Waals surface area contributed by atoms with Crippen LogP contribution < -0.4 is 0 Å². The molecule has 0 radical (unpaired) electrons. The molecule has 6 heteroatoms. The third-order valence-electron chi connectivity index (χ3n) is 1.23. The number of hydrogen-bond acceptors (Lipinski definition) is 4. The van der Waals surface area contributed by atoms with E-state index in [1.807, 2.05) is 6.92 Å². The zero-order valence-electron chi connectivity index (χ0n) is 6.89. The van der Waals surface area contributed by atoms with Crippen molar-refractivity contribution >= 4 is 5.95 Å². The van der Waals surface area contributed by atoms with Crippen LogP contribution in [0.2, 0.25) is 0 Å². The van der Waals surface area contributed by atoms with Gasteiger partial charge in [-0.15, -0.1) is 0 Å². The van der Waals surface area contributed by atoms with E-state index >= 15 is 0 Å². The zero-order chi connectivity index (χ0) is 8.97. The molecule has 0 aliphatic carbocycles. The molecule has 1 rings (SSSR count). The molecule has 6 nitrogen and oxygen atoms in total. The van der Waals surface area contributed by atoms with Crippen LogP contribution in [0.25, 0.3) is 10.4 Å². The quantitative estimate of drug-likeness (QED) is 0.378. The molecule has 0 bridgehead atoms. The van der Waals surface area contributed by atoms with Crippen LogP contribution in [0, 0.1) is 6.92 Å². The number of hydrogen-bond donors (Lipinski definition) is 0. The fraction of sp³-hybridized carbons (Fsp3) is 0.500.